The van der Waals surface area contributed by atoms with Crippen molar-refractivity contribution in [1.82, 2.24) is 9.78 Å². The minimum absolute atomic E-state index is 0.245. The number of nitrogens with zero attached hydrogens (tertiary/aromatic N) is 2. The summed E-state index contributed by atoms with van der Waals surface area (Å²) >= 11 is 0. The molecule has 1 aromatic carbocycles. The van der Waals surface area contributed by atoms with E-state index in [0.29, 0.717) is 12.3 Å². The summed E-state index contributed by atoms with van der Waals surface area (Å²) in [7, 11) is 1.71. The molecule has 0 radical (unpaired) electrons. The molecule has 2 aromatic rings. The number of methoxy groups -OCH3 is 1. The van der Waals surface area contributed by atoms with Crippen LogP contribution in [0, 0.1) is 6.92 Å². The van der Waals surface area contributed by atoms with Gasteiger partial charge in [-0.25, -0.2) is 4.68 Å². The number of nitrogen functional groups attached to an aromatic ring is 1. The molecule has 0 atom stereocenters. The highest BCUT2D eigenvalue weighted by molar-refractivity contribution is 5.72. The van der Waals surface area contributed by atoms with Gasteiger partial charge >= 0.3 is 0 Å². The van der Waals surface area contributed by atoms with Crippen molar-refractivity contribution in [2.75, 3.05) is 24.8 Å². The van der Waals surface area contributed by atoms with Crippen LogP contribution in [0.3, 0.4) is 0 Å². The van der Waals surface area contributed by atoms with Gasteiger partial charge in [0.1, 0.15) is 0 Å². The van der Waals surface area contributed by atoms with Gasteiger partial charge in [0.15, 0.2) is 5.82 Å². The fourth-order valence-corrected chi connectivity index (χ4v) is 2.26. The Morgan fingerprint density at radius 1 is 1.33 bits per heavy atom. The molecule has 5 heteroatoms. The molecule has 0 aliphatic heterocycles. The molecular weight excluding hydrogens is 264 g/mol. The molecule has 0 amide bonds. The van der Waals surface area contributed by atoms with Gasteiger partial charge in [0.25, 0.3) is 0 Å². The number of aryl methyl sites for hydroxylation is 1. The average Bonchev–Trinajstić information content (AvgIpc) is 2.75. The number of anilines is 3. The van der Waals surface area contributed by atoms with Crippen molar-refractivity contribution in [3.8, 4) is 0 Å². The number of rotatable bonds is 6. The predicted octanol–water partition coefficient (Wildman–Crippen LogP) is 3.29. The first kappa shape index (κ1) is 15.4. The van der Waals surface area contributed by atoms with Gasteiger partial charge in [0.2, 0.25) is 0 Å². The molecule has 5 nitrogen and oxygen atoms in total. The van der Waals surface area contributed by atoms with Crippen LogP contribution in [-0.4, -0.2) is 23.5 Å². The molecule has 0 spiro atoms. The topological polar surface area (TPSA) is 65.1 Å². The lowest BCUT2D eigenvalue weighted by Gasteiger charge is -2.16. The lowest BCUT2D eigenvalue weighted by molar-refractivity contribution is 0.202. The second kappa shape index (κ2) is 6.63. The highest BCUT2D eigenvalue weighted by atomic mass is 16.5. The Bertz CT molecular complexity index is 604. The summed E-state index contributed by atoms with van der Waals surface area (Å²) in [5, 5.41) is 7.94. The maximum Gasteiger partial charge on any atom is 0.152 e. The molecule has 0 saturated carbocycles. The third-order valence-corrected chi connectivity index (χ3v) is 3.47. The molecule has 1 aromatic heterocycles. The van der Waals surface area contributed by atoms with Crippen molar-refractivity contribution in [2.24, 2.45) is 0 Å². The fraction of sp³-hybridized carbons (Fsp3) is 0.438. The van der Waals surface area contributed by atoms with Gasteiger partial charge < -0.3 is 15.8 Å². The quantitative estimate of drug-likeness (QED) is 0.856. The number of aromatic nitrogens is 2. The molecule has 2 rings (SSSR count). The molecule has 0 bridgehead atoms. The van der Waals surface area contributed by atoms with Crippen LogP contribution < -0.4 is 11.1 Å². The largest absolute Gasteiger partial charge is 0.394 e. The zero-order valence-electron chi connectivity index (χ0n) is 13.2. The van der Waals surface area contributed by atoms with Crippen LogP contribution in [0.5, 0.6) is 0 Å². The molecular formula is C16H24N4O. The van der Waals surface area contributed by atoms with Gasteiger partial charge in [-0.05, 0) is 38.8 Å². The summed E-state index contributed by atoms with van der Waals surface area (Å²) in [6.45, 7) is 6.80. The molecule has 0 aliphatic rings. The van der Waals surface area contributed by atoms with Crippen molar-refractivity contribution < 1.29 is 4.74 Å². The second-order valence-corrected chi connectivity index (χ2v) is 5.41. The van der Waals surface area contributed by atoms with E-state index in [1.54, 1.807) is 7.11 Å². The van der Waals surface area contributed by atoms with E-state index in [1.165, 1.54) is 5.56 Å². The van der Waals surface area contributed by atoms with E-state index in [2.05, 4.69) is 36.4 Å². The molecule has 1 heterocycles. The van der Waals surface area contributed by atoms with E-state index in [0.717, 1.165) is 23.6 Å². The van der Waals surface area contributed by atoms with Crippen LogP contribution in [-0.2, 0) is 11.2 Å². The Labute approximate surface area is 126 Å². The number of ether oxygens (including phenoxy) is 1. The van der Waals surface area contributed by atoms with E-state index in [-0.39, 0.29) is 6.04 Å². The number of nitrogens with one attached hydrogen (secondary N) is 1. The summed E-state index contributed by atoms with van der Waals surface area (Å²) in [4.78, 5) is 0. The van der Waals surface area contributed by atoms with Crippen LogP contribution in [0.25, 0.3) is 0 Å². The standard InChI is InChI=1S/C16H24N4O/c1-11(2)20-16(15(17)12(3)19-20)18-14-8-6-5-7-13(14)9-10-21-4/h5-8,11,18H,9-10,17H2,1-4H3. The number of nitrogens with two attached hydrogens (primary N) is 1. The van der Waals surface area contributed by atoms with Crippen molar-refractivity contribution in [1.29, 1.82) is 0 Å². The molecule has 3 N–H and O–H groups in total. The molecule has 21 heavy (non-hydrogen) atoms. The summed E-state index contributed by atoms with van der Waals surface area (Å²) in [6, 6.07) is 8.44. The van der Waals surface area contributed by atoms with E-state index in [4.69, 9.17) is 10.5 Å². The number of hydrogen-bond acceptors (Lipinski definition) is 4. The smallest absolute Gasteiger partial charge is 0.152 e. The normalized spacial score (nSPS) is 11.1. The number of benzene rings is 1. The fourth-order valence-electron chi connectivity index (χ4n) is 2.26. The summed E-state index contributed by atoms with van der Waals surface area (Å²) < 4.78 is 7.10. The van der Waals surface area contributed by atoms with Crippen molar-refractivity contribution >= 4 is 17.2 Å². The molecule has 114 valence electrons. The minimum Gasteiger partial charge on any atom is -0.394 e. The van der Waals surface area contributed by atoms with Gasteiger partial charge in [-0.2, -0.15) is 5.10 Å². The van der Waals surface area contributed by atoms with Crippen LogP contribution in [0.2, 0.25) is 0 Å². The Morgan fingerprint density at radius 2 is 2.05 bits per heavy atom. The Morgan fingerprint density at radius 3 is 2.71 bits per heavy atom. The van der Waals surface area contributed by atoms with Gasteiger partial charge in [0, 0.05) is 18.8 Å². The summed E-state index contributed by atoms with van der Waals surface area (Å²) in [5.74, 6) is 0.854. The maximum atomic E-state index is 6.17. The predicted molar refractivity (Wildman–Crippen MR) is 87.1 cm³/mol. The van der Waals surface area contributed by atoms with Crippen LogP contribution in [0.15, 0.2) is 24.3 Å². The molecule has 0 saturated heterocycles. The first-order valence-electron chi connectivity index (χ1n) is 7.23. The lowest BCUT2D eigenvalue weighted by atomic mass is 10.1. The third-order valence-electron chi connectivity index (χ3n) is 3.47. The van der Waals surface area contributed by atoms with Crippen molar-refractivity contribution in [3.63, 3.8) is 0 Å². The van der Waals surface area contributed by atoms with Crippen molar-refractivity contribution in [3.05, 3.63) is 35.5 Å². The maximum absolute atomic E-state index is 6.17. The van der Waals surface area contributed by atoms with Gasteiger partial charge in [-0.1, -0.05) is 18.2 Å². The molecule has 0 aliphatic carbocycles. The summed E-state index contributed by atoms with van der Waals surface area (Å²) in [6.07, 6.45) is 0.856. The zero-order chi connectivity index (χ0) is 15.4. The minimum atomic E-state index is 0.245. The number of hydrogen-bond donors (Lipinski definition) is 2. The van der Waals surface area contributed by atoms with E-state index < -0.39 is 0 Å². The van der Waals surface area contributed by atoms with Crippen LogP contribution in [0.1, 0.15) is 31.1 Å². The summed E-state index contributed by atoms with van der Waals surface area (Å²) in [5.41, 5.74) is 9.96. The van der Waals surface area contributed by atoms with E-state index in [9.17, 15) is 0 Å². The highest BCUT2D eigenvalue weighted by Crippen LogP contribution is 2.30. The first-order valence-corrected chi connectivity index (χ1v) is 7.23. The third kappa shape index (κ3) is 3.36. The van der Waals surface area contributed by atoms with Gasteiger partial charge in [-0.3, -0.25) is 0 Å². The lowest BCUT2D eigenvalue weighted by Crippen LogP contribution is -2.09. The number of para-hydroxylation sites is 1. The molecule has 0 fully saturated rings. The van der Waals surface area contributed by atoms with Gasteiger partial charge in [-0.15, -0.1) is 0 Å². The Hall–Kier alpha value is -2.01. The van der Waals surface area contributed by atoms with Crippen molar-refractivity contribution in [2.45, 2.75) is 33.2 Å². The first-order chi connectivity index (χ1) is 10.0. The van der Waals surface area contributed by atoms with E-state index >= 15 is 0 Å². The van der Waals surface area contributed by atoms with Gasteiger partial charge in [0.05, 0.1) is 18.0 Å². The average molecular weight is 288 g/mol. The van der Waals surface area contributed by atoms with Crippen LogP contribution >= 0.6 is 0 Å². The van der Waals surface area contributed by atoms with E-state index in [1.807, 2.05) is 23.7 Å². The highest BCUT2D eigenvalue weighted by Gasteiger charge is 2.15. The second-order valence-electron chi connectivity index (χ2n) is 5.41. The SMILES string of the molecule is COCCc1ccccc1Nc1c(N)c(C)nn1C(C)C. The molecule has 0 unspecified atom stereocenters. The zero-order valence-corrected chi connectivity index (χ0v) is 13.2. The Kier molecular flexibility index (Phi) is 4.85. The monoisotopic (exact) mass is 288 g/mol. The van der Waals surface area contributed by atoms with Crippen LogP contribution in [0.4, 0.5) is 17.2 Å². The Balaban J connectivity index is 2.34.